The standard InChI is InChI=1S/C23H46N2/c1-22(2,3)18-24-14-10-20(11-15-24)8-7-9-21-12-16-25(17-13-21)19-23(4,5)6/h20-21H,7-19H2,1-6H3. The maximum absolute atomic E-state index is 2.70. The van der Waals surface area contributed by atoms with Crippen molar-refractivity contribution in [1.82, 2.24) is 9.80 Å². The summed E-state index contributed by atoms with van der Waals surface area (Å²) in [6, 6.07) is 0. The van der Waals surface area contributed by atoms with Gasteiger partial charge in [0.15, 0.2) is 0 Å². The van der Waals surface area contributed by atoms with Crippen molar-refractivity contribution in [3.63, 3.8) is 0 Å². The highest BCUT2D eigenvalue weighted by molar-refractivity contribution is 4.78. The molecule has 0 spiro atoms. The molecule has 2 heteroatoms. The van der Waals surface area contributed by atoms with Gasteiger partial charge in [0.05, 0.1) is 0 Å². The Morgan fingerprint density at radius 3 is 1.20 bits per heavy atom. The van der Waals surface area contributed by atoms with Gasteiger partial charge in [-0.15, -0.1) is 0 Å². The SMILES string of the molecule is CC(C)(C)CN1CCC(CCCC2CCN(CC(C)(C)C)CC2)CC1. The highest BCUT2D eigenvalue weighted by Gasteiger charge is 2.25. The molecule has 2 nitrogen and oxygen atoms in total. The first-order valence-corrected chi connectivity index (χ1v) is 11.1. The Morgan fingerprint density at radius 2 is 0.920 bits per heavy atom. The second kappa shape index (κ2) is 9.22. The van der Waals surface area contributed by atoms with Crippen molar-refractivity contribution < 1.29 is 0 Å². The highest BCUT2D eigenvalue weighted by Crippen LogP contribution is 2.29. The lowest BCUT2D eigenvalue weighted by Crippen LogP contribution is -2.39. The van der Waals surface area contributed by atoms with Crippen molar-refractivity contribution in [2.75, 3.05) is 39.3 Å². The third-order valence-electron chi connectivity index (χ3n) is 6.03. The normalized spacial score (nSPS) is 23.3. The van der Waals surface area contributed by atoms with E-state index in [9.17, 15) is 0 Å². The van der Waals surface area contributed by atoms with Crippen LogP contribution < -0.4 is 0 Å². The van der Waals surface area contributed by atoms with Crippen LogP contribution in [0.3, 0.4) is 0 Å². The van der Waals surface area contributed by atoms with Gasteiger partial charge in [0.1, 0.15) is 0 Å². The number of rotatable bonds is 6. The van der Waals surface area contributed by atoms with Crippen molar-refractivity contribution >= 4 is 0 Å². The zero-order chi connectivity index (χ0) is 18.5. The first kappa shape index (κ1) is 21.2. The third kappa shape index (κ3) is 8.91. The second-order valence-electron chi connectivity index (χ2n) is 11.5. The van der Waals surface area contributed by atoms with E-state index >= 15 is 0 Å². The van der Waals surface area contributed by atoms with E-state index in [1.165, 1.54) is 84.2 Å². The van der Waals surface area contributed by atoms with Crippen LogP contribution in [0.5, 0.6) is 0 Å². The molecule has 0 radical (unpaired) electrons. The highest BCUT2D eigenvalue weighted by atomic mass is 15.1. The summed E-state index contributed by atoms with van der Waals surface area (Å²) in [7, 11) is 0. The van der Waals surface area contributed by atoms with E-state index in [2.05, 4.69) is 51.3 Å². The van der Waals surface area contributed by atoms with Gasteiger partial charge in [-0.1, -0.05) is 60.8 Å². The molecule has 0 N–H and O–H groups in total. The van der Waals surface area contributed by atoms with E-state index in [4.69, 9.17) is 0 Å². The maximum atomic E-state index is 2.70. The Kier molecular flexibility index (Phi) is 7.83. The zero-order valence-corrected chi connectivity index (χ0v) is 18.2. The molecular weight excluding hydrogens is 304 g/mol. The van der Waals surface area contributed by atoms with Gasteiger partial charge in [0, 0.05) is 13.1 Å². The van der Waals surface area contributed by atoms with Crippen LogP contribution in [0, 0.1) is 22.7 Å². The number of nitrogens with zero attached hydrogens (tertiary/aromatic N) is 2. The molecule has 0 aliphatic carbocycles. The lowest BCUT2D eigenvalue weighted by Gasteiger charge is -2.37. The van der Waals surface area contributed by atoms with Crippen LogP contribution in [0.2, 0.25) is 0 Å². The van der Waals surface area contributed by atoms with E-state index < -0.39 is 0 Å². The molecule has 0 unspecified atom stereocenters. The molecule has 148 valence electrons. The molecule has 2 saturated heterocycles. The van der Waals surface area contributed by atoms with Gasteiger partial charge in [-0.25, -0.2) is 0 Å². The molecule has 2 fully saturated rings. The first-order valence-electron chi connectivity index (χ1n) is 11.1. The Hall–Kier alpha value is -0.0800. The summed E-state index contributed by atoms with van der Waals surface area (Å²) in [5, 5.41) is 0. The monoisotopic (exact) mass is 350 g/mol. The average Bonchev–Trinajstić information content (AvgIpc) is 2.48. The zero-order valence-electron chi connectivity index (χ0n) is 18.2. The van der Waals surface area contributed by atoms with Crippen LogP contribution in [-0.2, 0) is 0 Å². The summed E-state index contributed by atoms with van der Waals surface area (Å²) in [6.07, 6.45) is 10.2. The first-order chi connectivity index (χ1) is 11.6. The van der Waals surface area contributed by atoms with Crippen LogP contribution in [0.4, 0.5) is 0 Å². The van der Waals surface area contributed by atoms with Gasteiger partial charge >= 0.3 is 0 Å². The lowest BCUT2D eigenvalue weighted by atomic mass is 9.85. The largest absolute Gasteiger partial charge is 0.303 e. The number of hydrogen-bond donors (Lipinski definition) is 0. The van der Waals surface area contributed by atoms with Gasteiger partial charge in [-0.05, 0) is 74.5 Å². The lowest BCUT2D eigenvalue weighted by molar-refractivity contribution is 0.123. The summed E-state index contributed by atoms with van der Waals surface area (Å²) in [5.74, 6) is 2.02. The molecule has 0 aromatic rings. The number of piperidine rings is 2. The van der Waals surface area contributed by atoms with E-state index in [1.54, 1.807) is 0 Å². The van der Waals surface area contributed by atoms with Crippen LogP contribution >= 0.6 is 0 Å². The van der Waals surface area contributed by atoms with E-state index in [-0.39, 0.29) is 0 Å². The summed E-state index contributed by atoms with van der Waals surface area (Å²) in [5.41, 5.74) is 0.906. The van der Waals surface area contributed by atoms with Crippen LogP contribution in [0.15, 0.2) is 0 Å². The molecule has 0 aromatic carbocycles. The fourth-order valence-electron chi connectivity index (χ4n) is 4.90. The van der Waals surface area contributed by atoms with Crippen LogP contribution in [-0.4, -0.2) is 49.1 Å². The molecule has 0 bridgehead atoms. The molecule has 0 atom stereocenters. The molecule has 0 saturated carbocycles. The Morgan fingerprint density at radius 1 is 0.600 bits per heavy atom. The van der Waals surface area contributed by atoms with Crippen LogP contribution in [0.25, 0.3) is 0 Å². The third-order valence-corrected chi connectivity index (χ3v) is 6.03. The molecule has 2 aliphatic rings. The van der Waals surface area contributed by atoms with E-state index in [0.29, 0.717) is 10.8 Å². The van der Waals surface area contributed by atoms with Crippen molar-refractivity contribution in [1.29, 1.82) is 0 Å². The fourth-order valence-corrected chi connectivity index (χ4v) is 4.90. The number of hydrogen-bond acceptors (Lipinski definition) is 2. The summed E-state index contributed by atoms with van der Waals surface area (Å²) < 4.78 is 0. The minimum absolute atomic E-state index is 0.453. The van der Waals surface area contributed by atoms with Gasteiger partial charge in [0.25, 0.3) is 0 Å². The molecule has 25 heavy (non-hydrogen) atoms. The minimum atomic E-state index is 0.453. The van der Waals surface area contributed by atoms with Crippen molar-refractivity contribution in [3.05, 3.63) is 0 Å². The molecule has 0 amide bonds. The molecule has 0 aromatic heterocycles. The van der Waals surface area contributed by atoms with Gasteiger partial charge < -0.3 is 9.80 Å². The Labute approximate surface area is 158 Å². The quantitative estimate of drug-likeness (QED) is 0.608. The average molecular weight is 351 g/mol. The van der Waals surface area contributed by atoms with Crippen molar-refractivity contribution in [2.45, 2.75) is 86.5 Å². The second-order valence-corrected chi connectivity index (χ2v) is 11.5. The minimum Gasteiger partial charge on any atom is -0.303 e. The van der Waals surface area contributed by atoms with Gasteiger partial charge in [-0.3, -0.25) is 0 Å². The Balaban J connectivity index is 1.54. The molecule has 2 rings (SSSR count). The topological polar surface area (TPSA) is 6.48 Å². The van der Waals surface area contributed by atoms with Gasteiger partial charge in [0.2, 0.25) is 0 Å². The van der Waals surface area contributed by atoms with Crippen molar-refractivity contribution in [2.24, 2.45) is 22.7 Å². The van der Waals surface area contributed by atoms with E-state index in [0.717, 1.165) is 11.8 Å². The predicted octanol–water partition coefficient (Wildman–Crippen LogP) is 5.67. The van der Waals surface area contributed by atoms with Crippen LogP contribution in [0.1, 0.15) is 86.5 Å². The smallest absolute Gasteiger partial charge is 0.00300 e. The molecular formula is C23H46N2. The molecule has 2 aliphatic heterocycles. The predicted molar refractivity (Wildman–Crippen MR) is 111 cm³/mol. The summed E-state index contributed by atoms with van der Waals surface area (Å²) in [4.78, 5) is 5.39. The van der Waals surface area contributed by atoms with E-state index in [1.807, 2.05) is 0 Å². The number of likely N-dealkylation sites (tertiary alicyclic amines) is 2. The fraction of sp³-hybridized carbons (Fsp3) is 1.00. The Bertz CT molecular complexity index is 325. The summed E-state index contributed by atoms with van der Waals surface area (Å²) in [6.45, 7) is 22.1. The van der Waals surface area contributed by atoms with Crippen molar-refractivity contribution in [3.8, 4) is 0 Å². The maximum Gasteiger partial charge on any atom is 0.00300 e. The van der Waals surface area contributed by atoms with Gasteiger partial charge in [-0.2, -0.15) is 0 Å². The summed E-state index contributed by atoms with van der Waals surface area (Å²) >= 11 is 0. The molecule has 2 heterocycles.